The van der Waals surface area contributed by atoms with E-state index in [1.165, 1.54) is 18.2 Å². The molecule has 0 aromatic carbocycles. The zero-order valence-corrected chi connectivity index (χ0v) is 31.8. The first kappa shape index (κ1) is 39.8. The maximum absolute atomic E-state index is 13.5. The number of nitrogens with zero attached hydrogens (tertiary/aromatic N) is 3. The average molecular weight is 728 g/mol. The Morgan fingerprint density at radius 1 is 0.660 bits per heavy atom. The Labute approximate surface area is 300 Å². The van der Waals surface area contributed by atoms with Crippen LogP contribution in [0.3, 0.4) is 0 Å². The van der Waals surface area contributed by atoms with Crippen molar-refractivity contribution < 1.29 is 38.2 Å². The van der Waals surface area contributed by atoms with Crippen molar-refractivity contribution >= 4 is 68.2 Å². The Morgan fingerprint density at radius 3 is 1.30 bits per heavy atom. The maximum Gasteiger partial charge on any atom is 0.341 e. The summed E-state index contributed by atoms with van der Waals surface area (Å²) in [7, 11) is 0. The van der Waals surface area contributed by atoms with Crippen molar-refractivity contribution in [2.24, 2.45) is 0 Å². The highest BCUT2D eigenvalue weighted by Gasteiger charge is 2.31. The number of carbonyl (C=O) groups excluding carboxylic acids is 6. The second-order valence-corrected chi connectivity index (χ2v) is 13.7. The molecule has 0 radical (unpaired) electrons. The van der Waals surface area contributed by atoms with E-state index in [-0.39, 0.29) is 54.1 Å². The van der Waals surface area contributed by atoms with Crippen LogP contribution in [-0.2, 0) is 9.47 Å². The van der Waals surface area contributed by atoms with Gasteiger partial charge in [0.2, 0.25) is 0 Å². The summed E-state index contributed by atoms with van der Waals surface area (Å²) < 4.78 is 10.8. The third-order valence-electron chi connectivity index (χ3n) is 7.55. The number of anilines is 2. The van der Waals surface area contributed by atoms with Gasteiger partial charge in [0, 0.05) is 26.2 Å². The van der Waals surface area contributed by atoms with Gasteiger partial charge in [-0.15, -0.1) is 22.7 Å². The van der Waals surface area contributed by atoms with Crippen LogP contribution in [0.5, 0.6) is 0 Å². The number of carbonyl (C=O) groups is 6. The number of hydrogen-bond donors (Lipinski definition) is 2. The molecule has 50 heavy (non-hydrogen) atoms. The van der Waals surface area contributed by atoms with E-state index in [1.807, 2.05) is 27.7 Å². The fourth-order valence-corrected chi connectivity index (χ4v) is 7.30. The van der Waals surface area contributed by atoms with Crippen LogP contribution >= 0.6 is 22.7 Å². The molecule has 0 saturated heterocycles. The van der Waals surface area contributed by atoms with Crippen molar-refractivity contribution in [2.45, 2.75) is 81.4 Å². The molecule has 0 aliphatic heterocycles. The summed E-state index contributed by atoms with van der Waals surface area (Å²) >= 11 is 1.92. The fourth-order valence-electron chi connectivity index (χ4n) is 4.98. The average Bonchev–Trinajstić information content (AvgIpc) is 3.56. The Kier molecular flexibility index (Phi) is 13.8. The zero-order valence-electron chi connectivity index (χ0n) is 30.1. The van der Waals surface area contributed by atoms with E-state index < -0.39 is 36.0 Å². The van der Waals surface area contributed by atoms with Crippen LogP contribution in [-0.4, -0.2) is 88.7 Å². The molecule has 270 valence electrons. The Hall–Kier alpha value is -4.63. The third kappa shape index (κ3) is 8.93. The van der Waals surface area contributed by atoms with Gasteiger partial charge in [0.05, 0.1) is 33.1 Å². The SMILES string of the molecule is CCN(CC)C(=O)c1sc(NC(=O)c2cccc(C(=O)Nc3sc(C(=O)N(CC)CC)c(C)c3C(=O)OC(C)C)n2)c(C(=O)OC(C)C)c1C. The van der Waals surface area contributed by atoms with Crippen LogP contribution in [0, 0.1) is 13.8 Å². The monoisotopic (exact) mass is 727 g/mol. The van der Waals surface area contributed by atoms with Crippen molar-refractivity contribution in [3.05, 3.63) is 61.6 Å². The molecule has 0 saturated carbocycles. The molecule has 0 aliphatic carbocycles. The van der Waals surface area contributed by atoms with Gasteiger partial charge in [-0.1, -0.05) is 6.07 Å². The zero-order chi connectivity index (χ0) is 37.4. The number of aromatic nitrogens is 1. The Bertz CT molecular complexity index is 1650. The first-order chi connectivity index (χ1) is 23.6. The summed E-state index contributed by atoms with van der Waals surface area (Å²) in [6.07, 6.45) is -0.897. The molecule has 13 nitrogen and oxygen atoms in total. The molecule has 0 fully saturated rings. The lowest BCUT2D eigenvalue weighted by molar-refractivity contribution is 0.0367. The summed E-state index contributed by atoms with van der Waals surface area (Å²) in [5.74, 6) is -3.42. The molecule has 0 atom stereocenters. The van der Waals surface area contributed by atoms with Crippen LogP contribution in [0.2, 0.25) is 0 Å². The number of ether oxygens (including phenoxy) is 2. The predicted octanol–water partition coefficient (Wildman–Crippen LogP) is 6.42. The van der Waals surface area contributed by atoms with Crippen LogP contribution in [0.25, 0.3) is 0 Å². The molecule has 2 N–H and O–H groups in total. The largest absolute Gasteiger partial charge is 0.459 e. The summed E-state index contributed by atoms with van der Waals surface area (Å²) in [5.41, 5.74) is 0.581. The van der Waals surface area contributed by atoms with Gasteiger partial charge in [-0.25, -0.2) is 14.6 Å². The van der Waals surface area contributed by atoms with Crippen LogP contribution < -0.4 is 10.6 Å². The lowest BCUT2D eigenvalue weighted by atomic mass is 10.1. The lowest BCUT2D eigenvalue weighted by Crippen LogP contribution is -2.30. The third-order valence-corrected chi connectivity index (χ3v) is 9.94. The van der Waals surface area contributed by atoms with Crippen molar-refractivity contribution in [1.29, 1.82) is 0 Å². The first-order valence-corrected chi connectivity index (χ1v) is 18.1. The van der Waals surface area contributed by atoms with Crippen LogP contribution in [0.1, 0.15) is 128 Å². The van der Waals surface area contributed by atoms with E-state index in [2.05, 4.69) is 15.6 Å². The molecule has 0 spiro atoms. The second-order valence-electron chi connectivity index (χ2n) is 11.7. The molecular formula is C35H45N5O8S2. The van der Waals surface area contributed by atoms with E-state index in [4.69, 9.17) is 9.47 Å². The van der Waals surface area contributed by atoms with Crippen molar-refractivity contribution in [3.8, 4) is 0 Å². The van der Waals surface area contributed by atoms with Gasteiger partial charge in [-0.3, -0.25) is 19.2 Å². The van der Waals surface area contributed by atoms with E-state index >= 15 is 0 Å². The molecule has 3 aromatic rings. The molecule has 0 aliphatic rings. The lowest BCUT2D eigenvalue weighted by Gasteiger charge is -2.18. The van der Waals surface area contributed by atoms with E-state index in [9.17, 15) is 28.8 Å². The summed E-state index contributed by atoms with van der Waals surface area (Å²) in [4.78, 5) is 87.9. The van der Waals surface area contributed by atoms with Gasteiger partial charge in [0.15, 0.2) is 0 Å². The Balaban J connectivity index is 1.98. The van der Waals surface area contributed by atoms with Gasteiger partial charge in [-0.2, -0.15) is 0 Å². The van der Waals surface area contributed by atoms with Crippen molar-refractivity contribution in [3.63, 3.8) is 0 Å². The van der Waals surface area contributed by atoms with E-state index in [1.54, 1.807) is 51.3 Å². The minimum Gasteiger partial charge on any atom is -0.459 e. The van der Waals surface area contributed by atoms with Gasteiger partial charge in [0.1, 0.15) is 21.4 Å². The van der Waals surface area contributed by atoms with Crippen LogP contribution in [0.4, 0.5) is 10.0 Å². The number of nitrogens with one attached hydrogen (secondary N) is 2. The molecule has 0 unspecified atom stereocenters. The maximum atomic E-state index is 13.5. The minimum absolute atomic E-state index is 0.0606. The quantitative estimate of drug-likeness (QED) is 0.178. The fraction of sp³-hybridized carbons (Fsp3) is 0.457. The summed E-state index contributed by atoms with van der Waals surface area (Å²) in [6.45, 7) is 19.2. The standard InChI is InChI=1S/C35H45N5O8S2/c1-11-39(12-2)32(43)26-20(9)24(34(45)47-18(5)6)30(49-26)37-28(41)22-16-15-17-23(36-22)29(42)38-31-25(35(46)48-19(7)8)21(10)27(50-31)33(44)40(13-3)14-4/h15-19H,11-14H2,1-10H3,(H,37,41)(H,38,42). The number of thiophene rings is 2. The highest BCUT2D eigenvalue weighted by atomic mass is 32.1. The highest BCUT2D eigenvalue weighted by Crippen LogP contribution is 2.36. The van der Waals surface area contributed by atoms with Gasteiger partial charge >= 0.3 is 11.9 Å². The van der Waals surface area contributed by atoms with Crippen LogP contribution in [0.15, 0.2) is 18.2 Å². The molecule has 3 aromatic heterocycles. The van der Waals surface area contributed by atoms with Crippen molar-refractivity contribution in [1.82, 2.24) is 14.8 Å². The molecule has 3 heterocycles. The van der Waals surface area contributed by atoms with Gasteiger partial charge in [0.25, 0.3) is 23.6 Å². The number of hydrogen-bond acceptors (Lipinski definition) is 11. The molecule has 0 bridgehead atoms. The smallest absolute Gasteiger partial charge is 0.341 e. The summed E-state index contributed by atoms with van der Waals surface area (Å²) in [6, 6.07) is 4.24. The Morgan fingerprint density at radius 2 is 1.00 bits per heavy atom. The minimum atomic E-state index is -0.735. The molecule has 4 amide bonds. The molecule has 3 rings (SSSR count). The molecular weight excluding hydrogens is 683 g/mol. The predicted molar refractivity (Wildman–Crippen MR) is 194 cm³/mol. The molecule has 15 heteroatoms. The summed E-state index contributed by atoms with van der Waals surface area (Å²) in [5, 5.41) is 5.59. The second kappa shape index (κ2) is 17.3. The number of esters is 2. The normalized spacial score (nSPS) is 11.0. The van der Waals surface area contributed by atoms with Gasteiger partial charge in [-0.05, 0) is 92.5 Å². The van der Waals surface area contributed by atoms with E-state index in [0.29, 0.717) is 37.3 Å². The van der Waals surface area contributed by atoms with Crippen molar-refractivity contribution in [2.75, 3.05) is 36.8 Å². The number of amides is 4. The number of rotatable bonds is 14. The van der Waals surface area contributed by atoms with E-state index in [0.717, 1.165) is 22.7 Å². The first-order valence-electron chi connectivity index (χ1n) is 16.5. The highest BCUT2D eigenvalue weighted by molar-refractivity contribution is 7.19. The van der Waals surface area contributed by atoms with Gasteiger partial charge < -0.3 is 29.9 Å². The topological polar surface area (TPSA) is 164 Å². The number of pyridine rings is 1.